The van der Waals surface area contributed by atoms with Crippen molar-refractivity contribution < 1.29 is 14.2 Å². The first-order valence-corrected chi connectivity index (χ1v) is 14.5. The average Bonchev–Trinajstić information content (AvgIpc) is 2.98. The highest BCUT2D eigenvalue weighted by atomic mass is 32.2. The van der Waals surface area contributed by atoms with Gasteiger partial charge in [-0.15, -0.1) is 0 Å². The molecule has 6 heteroatoms. The molecule has 1 heterocycles. The lowest BCUT2D eigenvalue weighted by atomic mass is 10.1. The van der Waals surface area contributed by atoms with Gasteiger partial charge in [0.05, 0.1) is 19.8 Å². The minimum absolute atomic E-state index is 0.266. The molecular weight excluding hydrogens is 492 g/mol. The molecule has 198 valence electrons. The van der Waals surface area contributed by atoms with E-state index in [0.29, 0.717) is 13.2 Å². The Hall–Kier alpha value is -3.35. The molecule has 1 unspecified atom stereocenters. The predicted octanol–water partition coefficient (Wildman–Crippen LogP) is 6.41. The Morgan fingerprint density at radius 1 is 0.868 bits per heavy atom. The Kier molecular flexibility index (Phi) is 9.29. The van der Waals surface area contributed by atoms with Crippen LogP contribution in [0.2, 0.25) is 0 Å². The normalized spacial score (nSPS) is 15.4. The van der Waals surface area contributed by atoms with Crippen molar-refractivity contribution in [1.82, 2.24) is 5.32 Å². The van der Waals surface area contributed by atoms with Crippen molar-refractivity contribution in [3.63, 3.8) is 0 Å². The Bertz CT molecular complexity index is 1300. The van der Waals surface area contributed by atoms with Gasteiger partial charge in [-0.2, -0.15) is 11.8 Å². The fourth-order valence-electron chi connectivity index (χ4n) is 4.79. The van der Waals surface area contributed by atoms with Crippen molar-refractivity contribution >= 4 is 28.2 Å². The van der Waals surface area contributed by atoms with Crippen LogP contribution in [0.15, 0.2) is 91.0 Å². The van der Waals surface area contributed by atoms with Crippen LogP contribution in [0, 0.1) is 0 Å². The summed E-state index contributed by atoms with van der Waals surface area (Å²) in [6.45, 7) is 4.18. The second kappa shape index (κ2) is 13.4. The van der Waals surface area contributed by atoms with Crippen LogP contribution >= 0.6 is 11.8 Å². The molecule has 5 rings (SSSR count). The number of thioether (sulfide) groups is 1. The van der Waals surface area contributed by atoms with Crippen molar-refractivity contribution in [2.75, 3.05) is 50.6 Å². The number of methoxy groups -OCH3 is 1. The third kappa shape index (κ3) is 6.94. The summed E-state index contributed by atoms with van der Waals surface area (Å²) in [5.41, 5.74) is 2.45. The summed E-state index contributed by atoms with van der Waals surface area (Å²) < 4.78 is 17.7. The fourth-order valence-corrected chi connectivity index (χ4v) is 5.71. The molecule has 1 N–H and O–H groups in total. The van der Waals surface area contributed by atoms with Crippen LogP contribution in [0.3, 0.4) is 0 Å². The van der Waals surface area contributed by atoms with Crippen LogP contribution in [0.5, 0.6) is 17.2 Å². The molecule has 1 aliphatic heterocycles. The van der Waals surface area contributed by atoms with E-state index in [1.54, 1.807) is 7.11 Å². The Morgan fingerprint density at radius 3 is 2.53 bits per heavy atom. The van der Waals surface area contributed by atoms with E-state index in [1.165, 1.54) is 22.0 Å². The zero-order chi connectivity index (χ0) is 26.0. The summed E-state index contributed by atoms with van der Waals surface area (Å²) in [5.74, 6) is 4.80. The molecule has 1 saturated heterocycles. The molecule has 38 heavy (non-hydrogen) atoms. The molecule has 0 amide bonds. The quantitative estimate of drug-likeness (QED) is 0.215. The van der Waals surface area contributed by atoms with Gasteiger partial charge in [0.2, 0.25) is 0 Å². The van der Waals surface area contributed by atoms with Crippen LogP contribution in [0.4, 0.5) is 5.69 Å². The first-order valence-electron chi connectivity index (χ1n) is 13.3. The molecule has 4 aromatic rings. The maximum absolute atomic E-state index is 6.24. The number of ether oxygens (including phenoxy) is 3. The Labute approximate surface area is 230 Å². The van der Waals surface area contributed by atoms with Crippen molar-refractivity contribution in [3.8, 4) is 17.2 Å². The van der Waals surface area contributed by atoms with Gasteiger partial charge in [-0.3, -0.25) is 0 Å². The summed E-state index contributed by atoms with van der Waals surface area (Å²) >= 11 is 1.91. The predicted molar refractivity (Wildman–Crippen MR) is 159 cm³/mol. The van der Waals surface area contributed by atoms with Gasteiger partial charge in [-0.1, -0.05) is 48.5 Å². The Morgan fingerprint density at radius 2 is 1.66 bits per heavy atom. The second-order valence-electron chi connectivity index (χ2n) is 9.43. The van der Waals surface area contributed by atoms with E-state index in [0.717, 1.165) is 54.8 Å². The number of piperazine rings is 1. The number of nitrogens with one attached hydrogen (secondary N) is 1. The second-order valence-corrected chi connectivity index (χ2v) is 10.5. The summed E-state index contributed by atoms with van der Waals surface area (Å²) in [6.07, 6.45) is 1.01. The summed E-state index contributed by atoms with van der Waals surface area (Å²) in [6, 6.07) is 31.7. The molecule has 0 bridgehead atoms. The summed E-state index contributed by atoms with van der Waals surface area (Å²) in [4.78, 5) is 2.44. The maximum atomic E-state index is 6.24. The van der Waals surface area contributed by atoms with Crippen LogP contribution in [-0.4, -0.2) is 51.8 Å². The van der Waals surface area contributed by atoms with E-state index in [9.17, 15) is 0 Å². The van der Waals surface area contributed by atoms with Gasteiger partial charge in [0.15, 0.2) is 0 Å². The molecule has 4 aromatic carbocycles. The number of nitrogens with zero attached hydrogens (tertiary/aromatic N) is 1. The lowest BCUT2D eigenvalue weighted by molar-refractivity contribution is 0.267. The van der Waals surface area contributed by atoms with Gasteiger partial charge in [-0.05, 0) is 65.4 Å². The van der Waals surface area contributed by atoms with Crippen LogP contribution < -0.4 is 24.4 Å². The fraction of sp³-hybridized carbons (Fsp3) is 0.312. The van der Waals surface area contributed by atoms with E-state index in [-0.39, 0.29) is 6.04 Å². The van der Waals surface area contributed by atoms with Gasteiger partial charge in [0.1, 0.15) is 23.9 Å². The molecular formula is C32H36N2O3S. The number of fused-ring (bicyclic) bond motifs is 1. The van der Waals surface area contributed by atoms with Crippen molar-refractivity contribution in [3.05, 3.63) is 96.6 Å². The zero-order valence-corrected chi connectivity index (χ0v) is 22.8. The highest BCUT2D eigenvalue weighted by Gasteiger charge is 2.23. The topological polar surface area (TPSA) is 43.0 Å². The van der Waals surface area contributed by atoms with Crippen molar-refractivity contribution in [2.24, 2.45) is 0 Å². The minimum Gasteiger partial charge on any atom is -0.496 e. The molecule has 0 spiro atoms. The first kappa shape index (κ1) is 26.3. The monoisotopic (exact) mass is 528 g/mol. The van der Waals surface area contributed by atoms with Gasteiger partial charge in [-0.25, -0.2) is 0 Å². The molecule has 0 aliphatic carbocycles. The minimum atomic E-state index is 0.266. The molecule has 0 saturated carbocycles. The standard InChI is InChI=1S/C32H36N2O3S/c1-35-32-10-5-4-9-27(32)24-38-20-6-19-36-30-15-12-28(13-16-30)34-18-17-33-22-29(34)23-37-31-14-11-25-7-2-3-8-26(25)21-31/h2-5,7-16,21,29,33H,6,17-20,22-24H2,1H3. The summed E-state index contributed by atoms with van der Waals surface area (Å²) in [5, 5.41) is 5.95. The highest BCUT2D eigenvalue weighted by Crippen LogP contribution is 2.26. The molecule has 1 atom stereocenters. The first-order chi connectivity index (χ1) is 18.8. The smallest absolute Gasteiger partial charge is 0.122 e. The van der Waals surface area contributed by atoms with E-state index >= 15 is 0 Å². The van der Waals surface area contributed by atoms with Crippen molar-refractivity contribution in [1.29, 1.82) is 0 Å². The van der Waals surface area contributed by atoms with E-state index in [2.05, 4.69) is 89.1 Å². The van der Waals surface area contributed by atoms with E-state index in [1.807, 2.05) is 23.9 Å². The molecule has 1 fully saturated rings. The molecule has 1 aliphatic rings. The highest BCUT2D eigenvalue weighted by molar-refractivity contribution is 7.98. The summed E-state index contributed by atoms with van der Waals surface area (Å²) in [7, 11) is 1.73. The molecule has 0 aromatic heterocycles. The number of hydrogen-bond acceptors (Lipinski definition) is 6. The largest absolute Gasteiger partial charge is 0.496 e. The average molecular weight is 529 g/mol. The number of rotatable bonds is 12. The van der Waals surface area contributed by atoms with Gasteiger partial charge >= 0.3 is 0 Å². The maximum Gasteiger partial charge on any atom is 0.122 e. The SMILES string of the molecule is COc1ccccc1CSCCCOc1ccc(N2CCNCC2COc2ccc3ccccc3c2)cc1. The van der Waals surface area contributed by atoms with Gasteiger partial charge < -0.3 is 24.4 Å². The number of benzene rings is 4. The third-order valence-corrected chi connectivity index (χ3v) is 7.93. The van der Waals surface area contributed by atoms with Crippen LogP contribution in [0.25, 0.3) is 10.8 Å². The number of hydrogen-bond donors (Lipinski definition) is 1. The van der Waals surface area contributed by atoms with Crippen molar-refractivity contribution in [2.45, 2.75) is 18.2 Å². The Balaban J connectivity index is 1.08. The van der Waals surface area contributed by atoms with Crippen LogP contribution in [-0.2, 0) is 5.75 Å². The van der Waals surface area contributed by atoms with Gasteiger partial charge in [0, 0.05) is 36.6 Å². The van der Waals surface area contributed by atoms with Gasteiger partial charge in [0.25, 0.3) is 0 Å². The number of para-hydroxylation sites is 1. The lowest BCUT2D eigenvalue weighted by Crippen LogP contribution is -2.54. The lowest BCUT2D eigenvalue weighted by Gasteiger charge is -2.37. The molecule has 5 nitrogen and oxygen atoms in total. The molecule has 0 radical (unpaired) electrons. The number of anilines is 1. The van der Waals surface area contributed by atoms with E-state index < -0.39 is 0 Å². The van der Waals surface area contributed by atoms with E-state index in [4.69, 9.17) is 14.2 Å². The van der Waals surface area contributed by atoms with Crippen LogP contribution in [0.1, 0.15) is 12.0 Å². The third-order valence-electron chi connectivity index (χ3n) is 6.83. The zero-order valence-electron chi connectivity index (χ0n) is 22.0.